The minimum Gasteiger partial charge on any atom is -0.303 e. The molecule has 0 aliphatic heterocycles. The highest BCUT2D eigenvalue weighted by Crippen LogP contribution is 2.21. The van der Waals surface area contributed by atoms with E-state index < -0.39 is 0 Å². The molecule has 3 nitrogen and oxygen atoms in total. The molecule has 0 N–H and O–H groups in total. The molecular weight excluding hydrogens is 268 g/mol. The summed E-state index contributed by atoms with van der Waals surface area (Å²) in [5.41, 5.74) is 2.44. The molecule has 0 amide bonds. The van der Waals surface area contributed by atoms with Crippen molar-refractivity contribution in [3.8, 4) is 5.69 Å². The first-order valence-corrected chi connectivity index (χ1v) is 5.69. The van der Waals surface area contributed by atoms with E-state index in [9.17, 15) is 4.79 Å². The van der Waals surface area contributed by atoms with Gasteiger partial charge in [-0.05, 0) is 32.0 Å². The fraction of sp³-hybridized carbons (Fsp3) is 0.167. The van der Waals surface area contributed by atoms with Gasteiger partial charge < -0.3 is 4.57 Å². The van der Waals surface area contributed by atoms with Crippen molar-refractivity contribution in [1.82, 2.24) is 9.55 Å². The molecule has 0 saturated carbocycles. The van der Waals surface area contributed by atoms with Gasteiger partial charge in [-0.25, -0.2) is 4.98 Å². The molecule has 1 aromatic carbocycles. The lowest BCUT2D eigenvalue weighted by Crippen LogP contribution is -2.00. The van der Waals surface area contributed by atoms with Crippen molar-refractivity contribution in [2.75, 3.05) is 0 Å². The van der Waals surface area contributed by atoms with E-state index in [0.717, 1.165) is 28.0 Å². The van der Waals surface area contributed by atoms with Crippen molar-refractivity contribution in [3.63, 3.8) is 0 Å². The molecule has 0 saturated heterocycles. The Morgan fingerprint density at radius 2 is 2.12 bits per heavy atom. The van der Waals surface area contributed by atoms with E-state index in [1.54, 1.807) is 6.07 Å². The van der Waals surface area contributed by atoms with Crippen LogP contribution in [0.25, 0.3) is 5.69 Å². The molecule has 0 radical (unpaired) electrons. The Kier molecular flexibility index (Phi) is 2.92. The fourth-order valence-corrected chi connectivity index (χ4v) is 2.04. The molecule has 16 heavy (non-hydrogen) atoms. The Balaban J connectivity index is 2.66. The molecule has 1 heterocycles. The number of halogens is 1. The number of carbonyl (C=O) groups excluding carboxylic acids is 1. The van der Waals surface area contributed by atoms with E-state index in [0.29, 0.717) is 5.56 Å². The van der Waals surface area contributed by atoms with Gasteiger partial charge in [0.15, 0.2) is 6.29 Å². The summed E-state index contributed by atoms with van der Waals surface area (Å²) in [6.45, 7) is 3.85. The third kappa shape index (κ3) is 1.93. The van der Waals surface area contributed by atoms with E-state index in [1.165, 1.54) is 0 Å². The van der Waals surface area contributed by atoms with Gasteiger partial charge in [-0.15, -0.1) is 0 Å². The zero-order valence-electron chi connectivity index (χ0n) is 9.07. The van der Waals surface area contributed by atoms with Crippen molar-refractivity contribution >= 4 is 22.2 Å². The van der Waals surface area contributed by atoms with Crippen LogP contribution in [0.15, 0.2) is 28.9 Å². The highest BCUT2D eigenvalue weighted by Gasteiger charge is 2.08. The maximum absolute atomic E-state index is 11.0. The van der Waals surface area contributed by atoms with Gasteiger partial charge in [0.25, 0.3) is 0 Å². The van der Waals surface area contributed by atoms with E-state index in [1.807, 2.05) is 36.7 Å². The number of aldehydes is 1. The second kappa shape index (κ2) is 4.22. The summed E-state index contributed by atoms with van der Waals surface area (Å²) >= 11 is 3.40. The van der Waals surface area contributed by atoms with Crippen LogP contribution < -0.4 is 0 Å². The minimum absolute atomic E-state index is 0.656. The van der Waals surface area contributed by atoms with Crippen LogP contribution in [0, 0.1) is 13.8 Å². The third-order valence-corrected chi connectivity index (χ3v) is 2.87. The van der Waals surface area contributed by atoms with Gasteiger partial charge in [-0.2, -0.15) is 0 Å². The second-order valence-corrected chi connectivity index (χ2v) is 4.54. The number of rotatable bonds is 2. The summed E-state index contributed by atoms with van der Waals surface area (Å²) < 4.78 is 2.86. The van der Waals surface area contributed by atoms with Crippen molar-refractivity contribution in [1.29, 1.82) is 0 Å². The van der Waals surface area contributed by atoms with Crippen LogP contribution in [0.3, 0.4) is 0 Å². The van der Waals surface area contributed by atoms with Crippen LogP contribution in [0.4, 0.5) is 0 Å². The number of nitrogens with zero attached hydrogens (tertiary/aromatic N) is 2. The van der Waals surface area contributed by atoms with E-state index in [2.05, 4.69) is 20.9 Å². The van der Waals surface area contributed by atoms with Crippen LogP contribution in [-0.2, 0) is 0 Å². The smallest absolute Gasteiger partial charge is 0.152 e. The monoisotopic (exact) mass is 278 g/mol. The number of carbonyl (C=O) groups is 1. The Morgan fingerprint density at radius 1 is 1.38 bits per heavy atom. The van der Waals surface area contributed by atoms with Crippen molar-refractivity contribution in [2.45, 2.75) is 13.8 Å². The largest absolute Gasteiger partial charge is 0.303 e. The van der Waals surface area contributed by atoms with E-state index in [4.69, 9.17) is 0 Å². The first-order valence-electron chi connectivity index (χ1n) is 4.89. The maximum atomic E-state index is 11.0. The average molecular weight is 279 g/mol. The minimum atomic E-state index is 0.656. The molecule has 0 fully saturated rings. The van der Waals surface area contributed by atoms with Crippen LogP contribution in [0.5, 0.6) is 0 Å². The Hall–Kier alpha value is -1.42. The first-order chi connectivity index (χ1) is 7.61. The lowest BCUT2D eigenvalue weighted by atomic mass is 10.2. The van der Waals surface area contributed by atoms with E-state index in [-0.39, 0.29) is 0 Å². The number of aryl methyl sites for hydroxylation is 2. The fourth-order valence-electron chi connectivity index (χ4n) is 1.69. The first kappa shape index (κ1) is 11.1. The SMILES string of the molecule is Cc1cn(-c2cc(Br)ccc2C=O)c(C)n1. The van der Waals surface area contributed by atoms with Gasteiger partial charge in [0, 0.05) is 16.2 Å². The molecule has 0 aliphatic rings. The average Bonchev–Trinajstić information content (AvgIpc) is 2.57. The van der Waals surface area contributed by atoms with Gasteiger partial charge in [0.05, 0.1) is 11.4 Å². The Bertz CT molecular complexity index is 546. The van der Waals surface area contributed by atoms with Crippen LogP contribution in [0.2, 0.25) is 0 Å². The van der Waals surface area contributed by atoms with Crippen molar-refractivity contribution in [3.05, 3.63) is 46.0 Å². The van der Waals surface area contributed by atoms with Crippen LogP contribution in [-0.4, -0.2) is 15.8 Å². The van der Waals surface area contributed by atoms with Crippen LogP contribution >= 0.6 is 15.9 Å². The summed E-state index contributed by atoms with van der Waals surface area (Å²) in [7, 11) is 0. The van der Waals surface area contributed by atoms with Crippen molar-refractivity contribution in [2.24, 2.45) is 0 Å². The highest BCUT2D eigenvalue weighted by atomic mass is 79.9. The molecule has 0 aliphatic carbocycles. The van der Waals surface area contributed by atoms with E-state index >= 15 is 0 Å². The molecule has 1 aromatic heterocycles. The number of hydrogen-bond donors (Lipinski definition) is 0. The molecule has 0 spiro atoms. The lowest BCUT2D eigenvalue weighted by molar-refractivity contribution is 0.112. The standard InChI is InChI=1S/C12H11BrN2O/c1-8-6-15(9(2)14-8)12-5-11(13)4-3-10(12)7-16/h3-7H,1-2H3. The topological polar surface area (TPSA) is 34.9 Å². The molecule has 0 bridgehead atoms. The van der Waals surface area contributed by atoms with Gasteiger partial charge >= 0.3 is 0 Å². The normalized spacial score (nSPS) is 10.4. The summed E-state index contributed by atoms with van der Waals surface area (Å²) in [5.74, 6) is 0.874. The highest BCUT2D eigenvalue weighted by molar-refractivity contribution is 9.10. The molecule has 2 aromatic rings. The lowest BCUT2D eigenvalue weighted by Gasteiger charge is -2.08. The maximum Gasteiger partial charge on any atom is 0.152 e. The van der Waals surface area contributed by atoms with Crippen molar-refractivity contribution < 1.29 is 4.79 Å². The Morgan fingerprint density at radius 3 is 2.69 bits per heavy atom. The van der Waals surface area contributed by atoms with Gasteiger partial charge in [0.1, 0.15) is 5.82 Å². The van der Waals surface area contributed by atoms with Gasteiger partial charge in [-0.3, -0.25) is 4.79 Å². The molecule has 82 valence electrons. The molecule has 2 rings (SSSR count). The number of hydrogen-bond acceptors (Lipinski definition) is 2. The Labute approximate surface area is 102 Å². The molecule has 0 unspecified atom stereocenters. The predicted molar refractivity (Wildman–Crippen MR) is 66.1 cm³/mol. The molecule has 4 heteroatoms. The zero-order chi connectivity index (χ0) is 11.7. The third-order valence-electron chi connectivity index (χ3n) is 2.38. The second-order valence-electron chi connectivity index (χ2n) is 3.62. The molecular formula is C12H11BrN2O. The summed E-state index contributed by atoms with van der Waals surface area (Å²) in [6, 6.07) is 5.56. The summed E-state index contributed by atoms with van der Waals surface area (Å²) in [6.07, 6.45) is 2.78. The van der Waals surface area contributed by atoms with Crippen LogP contribution in [0.1, 0.15) is 21.9 Å². The number of benzene rings is 1. The predicted octanol–water partition coefficient (Wildman–Crippen LogP) is 3.06. The summed E-state index contributed by atoms with van der Waals surface area (Å²) in [4.78, 5) is 15.3. The quantitative estimate of drug-likeness (QED) is 0.792. The number of imidazole rings is 1. The number of aromatic nitrogens is 2. The summed E-state index contributed by atoms with van der Waals surface area (Å²) in [5, 5.41) is 0. The van der Waals surface area contributed by atoms with Gasteiger partial charge in [-0.1, -0.05) is 15.9 Å². The molecule has 0 atom stereocenters. The van der Waals surface area contributed by atoms with Gasteiger partial charge in [0.2, 0.25) is 0 Å². The zero-order valence-corrected chi connectivity index (χ0v) is 10.7.